The zero-order valence-corrected chi connectivity index (χ0v) is 25.0. The van der Waals surface area contributed by atoms with Crippen LogP contribution in [-0.2, 0) is 16.0 Å². The molecule has 2 aliphatic carbocycles. The Hall–Kier alpha value is -2.54. The number of nitrogens with zero attached hydrogens (tertiary/aromatic N) is 5. The van der Waals surface area contributed by atoms with Crippen molar-refractivity contribution in [1.82, 2.24) is 24.6 Å². The van der Waals surface area contributed by atoms with Crippen LogP contribution in [0.25, 0.3) is 0 Å². The van der Waals surface area contributed by atoms with Crippen molar-refractivity contribution in [2.24, 2.45) is 17.3 Å². The lowest BCUT2D eigenvalue weighted by Gasteiger charge is -2.38. The van der Waals surface area contributed by atoms with E-state index in [0.29, 0.717) is 43.4 Å². The maximum atomic E-state index is 13.9. The molecular weight excluding hydrogens is 486 g/mol. The summed E-state index contributed by atoms with van der Waals surface area (Å²) in [4.78, 5) is 30.8. The molecule has 2 aromatic rings. The number of benzene rings is 1. The van der Waals surface area contributed by atoms with Crippen molar-refractivity contribution in [3.63, 3.8) is 0 Å². The lowest BCUT2D eigenvalue weighted by atomic mass is 9.68. The summed E-state index contributed by atoms with van der Waals surface area (Å²) in [6.07, 6.45) is 6.28. The van der Waals surface area contributed by atoms with Gasteiger partial charge in [0.2, 0.25) is 5.91 Å². The van der Waals surface area contributed by atoms with E-state index in [-0.39, 0.29) is 23.5 Å². The second-order valence-corrected chi connectivity index (χ2v) is 14.1. The summed E-state index contributed by atoms with van der Waals surface area (Å²) in [6, 6.07) is 6.74. The van der Waals surface area contributed by atoms with Crippen LogP contribution in [0.5, 0.6) is 0 Å². The van der Waals surface area contributed by atoms with Crippen molar-refractivity contribution in [2.45, 2.75) is 91.0 Å². The van der Waals surface area contributed by atoms with Gasteiger partial charge in [-0.1, -0.05) is 44.5 Å². The Morgan fingerprint density at radius 1 is 1.03 bits per heavy atom. The van der Waals surface area contributed by atoms with Gasteiger partial charge in [-0.15, -0.1) is 10.2 Å². The third-order valence-electron chi connectivity index (χ3n) is 8.89. The van der Waals surface area contributed by atoms with E-state index in [9.17, 15) is 9.59 Å². The first kappa shape index (κ1) is 28.0. The molecule has 39 heavy (non-hydrogen) atoms. The molecule has 0 N–H and O–H groups in total. The minimum atomic E-state index is -0.263. The maximum absolute atomic E-state index is 13.9. The summed E-state index contributed by atoms with van der Waals surface area (Å²) >= 11 is 0. The molecule has 0 bridgehead atoms. The van der Waals surface area contributed by atoms with Gasteiger partial charge in [0, 0.05) is 43.3 Å². The summed E-state index contributed by atoms with van der Waals surface area (Å²) in [7, 11) is 3.83. The Morgan fingerprint density at radius 2 is 1.72 bits per heavy atom. The van der Waals surface area contributed by atoms with E-state index in [4.69, 9.17) is 10.2 Å². The third kappa shape index (κ3) is 6.29. The van der Waals surface area contributed by atoms with Crippen molar-refractivity contribution in [3.05, 3.63) is 46.5 Å². The van der Waals surface area contributed by atoms with Crippen molar-refractivity contribution in [1.29, 1.82) is 0 Å². The van der Waals surface area contributed by atoms with Crippen LogP contribution in [0.2, 0.25) is 0 Å². The number of likely N-dealkylation sites (N-methyl/N-ethyl adjacent to an activating group) is 1. The molecule has 2 saturated carbocycles. The summed E-state index contributed by atoms with van der Waals surface area (Å²) in [5, 5.41) is 9.58. The standard InChI is InChI=1S/C32H47N5O2/c1-20-8-9-23(21(2)12-20)15-28(38)26-17-36(29(39)19-35(6)7)18-27(26)31-34-33-30(37(31)25-10-11-25)24-13-22(14-24)16-32(3,4)5/h8-9,12,22,24-27H,10-11,13-19H2,1-7H3/t22?,24?,26-,27-/m0/s1. The number of Topliss-reactive ketones (excluding diaryl/α,β-unsaturated/α-hetero) is 1. The highest BCUT2D eigenvalue weighted by atomic mass is 16.2. The molecule has 7 nitrogen and oxygen atoms in total. The topological polar surface area (TPSA) is 71.3 Å². The highest BCUT2D eigenvalue weighted by Crippen LogP contribution is 2.49. The van der Waals surface area contributed by atoms with E-state index in [1.165, 1.54) is 24.8 Å². The second-order valence-electron chi connectivity index (χ2n) is 14.1. The number of rotatable bonds is 9. The number of amides is 1. The third-order valence-corrected chi connectivity index (χ3v) is 8.89. The Kier molecular flexibility index (Phi) is 7.75. The van der Waals surface area contributed by atoms with Crippen LogP contribution < -0.4 is 0 Å². The highest BCUT2D eigenvalue weighted by molar-refractivity contribution is 5.87. The molecule has 0 spiro atoms. The van der Waals surface area contributed by atoms with Crippen molar-refractivity contribution in [2.75, 3.05) is 33.7 Å². The van der Waals surface area contributed by atoms with Gasteiger partial charge in [-0.05, 0) is 82.5 Å². The van der Waals surface area contributed by atoms with Crippen LogP contribution in [0.3, 0.4) is 0 Å². The number of aryl methyl sites for hydroxylation is 2. The van der Waals surface area contributed by atoms with Gasteiger partial charge in [0.25, 0.3) is 0 Å². The average Bonchev–Trinajstić information content (AvgIpc) is 3.39. The van der Waals surface area contributed by atoms with Gasteiger partial charge in [0.15, 0.2) is 0 Å². The first-order chi connectivity index (χ1) is 18.4. The quantitative estimate of drug-likeness (QED) is 0.450. The number of likely N-dealkylation sites (tertiary alicyclic amines) is 1. The molecule has 1 aliphatic heterocycles. The minimum absolute atomic E-state index is 0.0774. The first-order valence-electron chi connectivity index (χ1n) is 14.9. The molecule has 2 heterocycles. The minimum Gasteiger partial charge on any atom is -0.340 e. The van der Waals surface area contributed by atoms with Gasteiger partial charge >= 0.3 is 0 Å². The summed E-state index contributed by atoms with van der Waals surface area (Å²) in [6.45, 7) is 12.5. The molecule has 1 aromatic carbocycles. The monoisotopic (exact) mass is 533 g/mol. The van der Waals surface area contributed by atoms with Crippen LogP contribution in [0.15, 0.2) is 18.2 Å². The fourth-order valence-corrected chi connectivity index (χ4v) is 6.86. The number of carbonyl (C=O) groups is 2. The Bertz CT molecular complexity index is 1220. The lowest BCUT2D eigenvalue weighted by molar-refractivity contribution is -0.131. The van der Waals surface area contributed by atoms with Gasteiger partial charge < -0.3 is 14.4 Å². The molecule has 5 rings (SSSR count). The number of carbonyl (C=O) groups excluding carboxylic acids is 2. The predicted molar refractivity (Wildman–Crippen MR) is 154 cm³/mol. The van der Waals surface area contributed by atoms with Crippen LogP contribution in [-0.4, -0.2) is 70.0 Å². The van der Waals surface area contributed by atoms with Crippen molar-refractivity contribution >= 4 is 11.7 Å². The van der Waals surface area contributed by atoms with E-state index in [1.54, 1.807) is 0 Å². The molecule has 0 unspecified atom stereocenters. The first-order valence-corrected chi connectivity index (χ1v) is 14.9. The zero-order chi connectivity index (χ0) is 28.1. The molecule has 2 atom stereocenters. The Labute approximate surface area is 234 Å². The molecule has 1 amide bonds. The van der Waals surface area contributed by atoms with Crippen molar-refractivity contribution < 1.29 is 9.59 Å². The Morgan fingerprint density at radius 3 is 2.33 bits per heavy atom. The molecule has 1 saturated heterocycles. The van der Waals surface area contributed by atoms with E-state index in [1.807, 2.05) is 23.9 Å². The normalized spacial score (nSPS) is 25.3. The molecule has 0 radical (unpaired) electrons. The number of hydrogen-bond donors (Lipinski definition) is 0. The fourth-order valence-electron chi connectivity index (χ4n) is 6.86. The molecular formula is C32H47N5O2. The van der Waals surface area contributed by atoms with Crippen molar-refractivity contribution in [3.8, 4) is 0 Å². The maximum Gasteiger partial charge on any atom is 0.236 e. The largest absolute Gasteiger partial charge is 0.340 e. The van der Waals surface area contributed by atoms with E-state index in [0.717, 1.165) is 41.5 Å². The van der Waals surface area contributed by atoms with Gasteiger partial charge in [0.05, 0.1) is 6.54 Å². The second kappa shape index (κ2) is 10.8. The summed E-state index contributed by atoms with van der Waals surface area (Å²) in [5.74, 6) is 3.17. The zero-order valence-electron chi connectivity index (χ0n) is 25.0. The fraction of sp³-hybridized carbons (Fsp3) is 0.688. The van der Waals surface area contributed by atoms with Crippen LogP contribution >= 0.6 is 0 Å². The molecule has 7 heteroatoms. The molecule has 3 fully saturated rings. The summed E-state index contributed by atoms with van der Waals surface area (Å²) < 4.78 is 2.40. The van der Waals surface area contributed by atoms with Crippen LogP contribution in [0.4, 0.5) is 0 Å². The molecule has 212 valence electrons. The number of hydrogen-bond acceptors (Lipinski definition) is 5. The number of aromatic nitrogens is 3. The average molecular weight is 534 g/mol. The van der Waals surface area contributed by atoms with Gasteiger partial charge in [0.1, 0.15) is 17.4 Å². The lowest BCUT2D eigenvalue weighted by Crippen LogP contribution is -2.37. The van der Waals surface area contributed by atoms with Gasteiger partial charge in [-0.25, -0.2) is 0 Å². The van der Waals surface area contributed by atoms with Crippen LogP contribution in [0.1, 0.15) is 99.1 Å². The molecule has 3 aliphatic rings. The van der Waals surface area contributed by atoms with Crippen LogP contribution in [0, 0.1) is 31.1 Å². The highest BCUT2D eigenvalue weighted by Gasteiger charge is 2.46. The molecule has 1 aromatic heterocycles. The predicted octanol–water partition coefficient (Wildman–Crippen LogP) is 5.08. The summed E-state index contributed by atoms with van der Waals surface area (Å²) in [5.41, 5.74) is 3.78. The SMILES string of the molecule is Cc1ccc(CC(=O)[C@H]2CN(C(=O)CN(C)C)C[C@@H]2c2nnc(C3CC(CC(C)(C)C)C3)n2C2CC2)c(C)c1. The van der Waals surface area contributed by atoms with Gasteiger partial charge in [-0.2, -0.15) is 0 Å². The smallest absolute Gasteiger partial charge is 0.236 e. The van der Waals surface area contributed by atoms with Gasteiger partial charge in [-0.3, -0.25) is 9.59 Å². The Balaban J connectivity index is 1.41. The van der Waals surface area contributed by atoms with E-state index < -0.39 is 0 Å². The number of ketones is 1. The van der Waals surface area contributed by atoms with E-state index in [2.05, 4.69) is 57.4 Å². The van der Waals surface area contributed by atoms with E-state index >= 15 is 0 Å².